The van der Waals surface area contributed by atoms with E-state index in [1.54, 1.807) is 23.1 Å². The first-order valence-corrected chi connectivity index (χ1v) is 11.0. The summed E-state index contributed by atoms with van der Waals surface area (Å²) in [6, 6.07) is 16.9. The van der Waals surface area contributed by atoms with Gasteiger partial charge in [-0.1, -0.05) is 42.0 Å². The number of thioether (sulfide) groups is 1. The normalized spacial score (nSPS) is 17.1. The molecule has 4 rings (SSSR count). The minimum Gasteiger partial charge on any atom is -0.333 e. The zero-order valence-corrected chi connectivity index (χ0v) is 16.5. The number of amides is 1. The second-order valence-corrected chi connectivity index (χ2v) is 8.79. The molecule has 1 saturated heterocycles. The number of hydrogen-bond donors (Lipinski definition) is 0. The molecule has 1 aliphatic heterocycles. The maximum Gasteiger partial charge on any atom is 0.233 e. The topological polar surface area (TPSA) is 33.2 Å². The van der Waals surface area contributed by atoms with E-state index < -0.39 is 0 Å². The molecular formula is C21H22N2OS2. The fourth-order valence-electron chi connectivity index (χ4n) is 3.50. The van der Waals surface area contributed by atoms with Crippen molar-refractivity contribution in [1.82, 2.24) is 9.88 Å². The van der Waals surface area contributed by atoms with Crippen molar-refractivity contribution < 1.29 is 4.79 Å². The van der Waals surface area contributed by atoms with E-state index in [0.29, 0.717) is 5.75 Å². The van der Waals surface area contributed by atoms with Gasteiger partial charge in [0.05, 0.1) is 22.0 Å². The van der Waals surface area contributed by atoms with E-state index in [9.17, 15) is 4.79 Å². The summed E-state index contributed by atoms with van der Waals surface area (Å²) >= 11 is 3.43. The number of carbonyl (C=O) groups excluding carboxylic acids is 1. The summed E-state index contributed by atoms with van der Waals surface area (Å²) in [7, 11) is 0. The van der Waals surface area contributed by atoms with Crippen molar-refractivity contribution in [3.05, 3.63) is 64.7 Å². The van der Waals surface area contributed by atoms with Crippen LogP contribution in [0.1, 0.15) is 35.0 Å². The first-order chi connectivity index (χ1) is 12.7. The van der Waals surface area contributed by atoms with Crippen LogP contribution in [0.5, 0.6) is 0 Å². The summed E-state index contributed by atoms with van der Waals surface area (Å²) < 4.78 is 1.20. The van der Waals surface area contributed by atoms with Gasteiger partial charge in [-0.3, -0.25) is 4.79 Å². The second kappa shape index (κ2) is 7.80. The van der Waals surface area contributed by atoms with Crippen LogP contribution in [0.4, 0.5) is 0 Å². The van der Waals surface area contributed by atoms with Crippen molar-refractivity contribution in [1.29, 1.82) is 0 Å². The number of thiazole rings is 1. The Hall–Kier alpha value is -1.85. The van der Waals surface area contributed by atoms with Crippen LogP contribution in [0, 0.1) is 6.92 Å². The molecule has 1 aromatic heterocycles. The Morgan fingerprint density at radius 2 is 2.15 bits per heavy atom. The Balaban J connectivity index is 1.40. The standard InChI is InChI=1S/C21H22N2OS2/c1-15-6-4-7-16(12-15)13-25-14-20(24)23-11-5-9-18(23)21-22-17-8-2-3-10-19(17)26-21/h2-4,6-8,10,12,18H,5,9,11,13-14H2,1H3. The number of para-hydroxylation sites is 1. The van der Waals surface area contributed by atoms with Crippen LogP contribution >= 0.6 is 23.1 Å². The van der Waals surface area contributed by atoms with Crippen molar-refractivity contribution in [2.75, 3.05) is 12.3 Å². The largest absolute Gasteiger partial charge is 0.333 e. The smallest absolute Gasteiger partial charge is 0.233 e. The van der Waals surface area contributed by atoms with Crippen molar-refractivity contribution in [2.24, 2.45) is 0 Å². The number of fused-ring (bicyclic) bond motifs is 1. The molecule has 0 saturated carbocycles. The van der Waals surface area contributed by atoms with Gasteiger partial charge in [0.25, 0.3) is 0 Å². The SMILES string of the molecule is Cc1cccc(CSCC(=O)N2CCCC2c2nc3ccccc3s2)c1. The minimum atomic E-state index is 0.152. The highest BCUT2D eigenvalue weighted by molar-refractivity contribution is 7.99. The molecule has 3 nitrogen and oxygen atoms in total. The summed E-state index contributed by atoms with van der Waals surface area (Å²) in [6.45, 7) is 2.95. The number of aromatic nitrogens is 1. The van der Waals surface area contributed by atoms with E-state index in [1.807, 2.05) is 23.1 Å². The van der Waals surface area contributed by atoms with E-state index in [1.165, 1.54) is 15.8 Å². The van der Waals surface area contributed by atoms with Crippen LogP contribution in [-0.2, 0) is 10.5 Å². The fourth-order valence-corrected chi connectivity index (χ4v) is 5.47. The number of carbonyl (C=O) groups is 1. The van der Waals surface area contributed by atoms with Gasteiger partial charge in [0, 0.05) is 12.3 Å². The fraction of sp³-hybridized carbons (Fsp3) is 0.333. The Morgan fingerprint density at radius 1 is 1.27 bits per heavy atom. The molecule has 0 aliphatic carbocycles. The Bertz CT molecular complexity index is 888. The Kier molecular flexibility index (Phi) is 5.27. The third-order valence-electron chi connectivity index (χ3n) is 4.75. The highest BCUT2D eigenvalue weighted by Gasteiger charge is 2.31. The molecule has 2 aromatic carbocycles. The molecule has 0 bridgehead atoms. The van der Waals surface area contributed by atoms with E-state index in [0.717, 1.165) is 35.7 Å². The van der Waals surface area contributed by atoms with Gasteiger partial charge in [0.2, 0.25) is 5.91 Å². The van der Waals surface area contributed by atoms with Crippen molar-refractivity contribution in [3.8, 4) is 0 Å². The Morgan fingerprint density at radius 3 is 3.00 bits per heavy atom. The summed E-state index contributed by atoms with van der Waals surface area (Å²) in [4.78, 5) is 19.6. The first-order valence-electron chi connectivity index (χ1n) is 8.99. The number of hydrogen-bond acceptors (Lipinski definition) is 4. The summed E-state index contributed by atoms with van der Waals surface area (Å²) in [5, 5.41) is 1.08. The van der Waals surface area contributed by atoms with E-state index >= 15 is 0 Å². The molecular weight excluding hydrogens is 360 g/mol. The molecule has 1 fully saturated rings. The summed E-state index contributed by atoms with van der Waals surface area (Å²) in [5.74, 6) is 1.66. The van der Waals surface area contributed by atoms with Crippen LogP contribution in [0.25, 0.3) is 10.2 Å². The van der Waals surface area contributed by atoms with Gasteiger partial charge in [-0.2, -0.15) is 0 Å². The number of rotatable bonds is 5. The van der Waals surface area contributed by atoms with Gasteiger partial charge in [-0.25, -0.2) is 4.98 Å². The lowest BCUT2D eigenvalue weighted by Crippen LogP contribution is -2.31. The number of aryl methyl sites for hydroxylation is 1. The lowest BCUT2D eigenvalue weighted by atomic mass is 10.2. The lowest BCUT2D eigenvalue weighted by molar-refractivity contribution is -0.129. The third kappa shape index (κ3) is 3.79. The van der Waals surface area contributed by atoms with Gasteiger partial charge >= 0.3 is 0 Å². The molecule has 1 unspecified atom stereocenters. The minimum absolute atomic E-state index is 0.152. The van der Waals surface area contributed by atoms with Gasteiger partial charge in [0.1, 0.15) is 5.01 Å². The molecule has 2 heterocycles. The molecule has 26 heavy (non-hydrogen) atoms. The van der Waals surface area contributed by atoms with Gasteiger partial charge in [0.15, 0.2) is 0 Å². The maximum atomic E-state index is 12.8. The quantitative estimate of drug-likeness (QED) is 0.608. The monoisotopic (exact) mass is 382 g/mol. The van der Waals surface area contributed by atoms with Crippen LogP contribution in [0.3, 0.4) is 0 Å². The highest BCUT2D eigenvalue weighted by Crippen LogP contribution is 2.36. The van der Waals surface area contributed by atoms with Crippen molar-refractivity contribution in [3.63, 3.8) is 0 Å². The summed E-state index contributed by atoms with van der Waals surface area (Å²) in [6.07, 6.45) is 2.09. The average Bonchev–Trinajstić information content (AvgIpc) is 3.28. The second-order valence-electron chi connectivity index (χ2n) is 6.75. The van der Waals surface area contributed by atoms with Crippen molar-refractivity contribution in [2.45, 2.75) is 31.6 Å². The molecule has 134 valence electrons. The summed E-state index contributed by atoms with van der Waals surface area (Å²) in [5.41, 5.74) is 3.59. The van der Waals surface area contributed by atoms with Crippen LogP contribution in [0.15, 0.2) is 48.5 Å². The number of benzene rings is 2. The average molecular weight is 383 g/mol. The van der Waals surface area contributed by atoms with E-state index in [2.05, 4.69) is 37.3 Å². The highest BCUT2D eigenvalue weighted by atomic mass is 32.2. The molecule has 1 aliphatic rings. The molecule has 0 radical (unpaired) electrons. The number of likely N-dealkylation sites (tertiary alicyclic amines) is 1. The van der Waals surface area contributed by atoms with Crippen LogP contribution < -0.4 is 0 Å². The zero-order chi connectivity index (χ0) is 17.9. The van der Waals surface area contributed by atoms with Crippen molar-refractivity contribution >= 4 is 39.2 Å². The van der Waals surface area contributed by atoms with E-state index in [4.69, 9.17) is 4.98 Å². The zero-order valence-electron chi connectivity index (χ0n) is 14.9. The van der Waals surface area contributed by atoms with Gasteiger partial charge in [-0.05, 0) is 37.5 Å². The third-order valence-corrected chi connectivity index (χ3v) is 6.87. The molecule has 1 atom stereocenters. The van der Waals surface area contributed by atoms with Crippen LogP contribution in [0.2, 0.25) is 0 Å². The number of nitrogens with zero attached hydrogens (tertiary/aromatic N) is 2. The molecule has 3 aromatic rings. The van der Waals surface area contributed by atoms with Crippen LogP contribution in [-0.4, -0.2) is 28.1 Å². The molecule has 0 N–H and O–H groups in total. The molecule has 5 heteroatoms. The predicted molar refractivity (Wildman–Crippen MR) is 111 cm³/mol. The van der Waals surface area contributed by atoms with Gasteiger partial charge in [-0.15, -0.1) is 23.1 Å². The maximum absolute atomic E-state index is 12.8. The lowest BCUT2D eigenvalue weighted by Gasteiger charge is -2.23. The van der Waals surface area contributed by atoms with E-state index in [-0.39, 0.29) is 11.9 Å². The van der Waals surface area contributed by atoms with Gasteiger partial charge < -0.3 is 4.90 Å². The molecule has 0 spiro atoms. The Labute approximate surface area is 162 Å². The predicted octanol–water partition coefficient (Wildman–Crippen LogP) is 5.20. The molecule has 1 amide bonds. The first kappa shape index (κ1) is 17.6.